The number of rotatable bonds is 4. The maximum atomic E-state index is 10.7. The number of aromatic hydroxyl groups is 1. The summed E-state index contributed by atoms with van der Waals surface area (Å²) in [5.74, 6) is 1.26. The van der Waals surface area contributed by atoms with Crippen LogP contribution in [0.4, 0.5) is 5.95 Å². The summed E-state index contributed by atoms with van der Waals surface area (Å²) < 4.78 is 1.96. The molecule has 4 aromatic rings. The van der Waals surface area contributed by atoms with Gasteiger partial charge in [-0.15, -0.1) is 10.2 Å². The summed E-state index contributed by atoms with van der Waals surface area (Å²) in [6.45, 7) is 10.9. The van der Waals surface area contributed by atoms with Gasteiger partial charge in [-0.3, -0.25) is 0 Å². The van der Waals surface area contributed by atoms with E-state index in [-0.39, 0.29) is 5.75 Å². The van der Waals surface area contributed by atoms with Gasteiger partial charge in [0.15, 0.2) is 5.65 Å². The van der Waals surface area contributed by atoms with Crippen molar-refractivity contribution >= 4 is 11.6 Å². The highest BCUT2D eigenvalue weighted by molar-refractivity contribution is 5.73. The Bertz CT molecular complexity index is 1300. The van der Waals surface area contributed by atoms with E-state index in [1.165, 1.54) is 0 Å². The first kappa shape index (κ1) is 21.3. The van der Waals surface area contributed by atoms with Crippen LogP contribution in [0.3, 0.4) is 0 Å². The maximum Gasteiger partial charge on any atom is 0.245 e. The van der Waals surface area contributed by atoms with Crippen LogP contribution in [0.25, 0.3) is 28.2 Å². The van der Waals surface area contributed by atoms with Crippen LogP contribution in [0.2, 0.25) is 0 Å². The zero-order valence-electron chi connectivity index (χ0n) is 19.3. The van der Waals surface area contributed by atoms with Crippen LogP contribution < -0.4 is 10.2 Å². The minimum absolute atomic E-state index is 0.111. The predicted molar refractivity (Wildman–Crippen MR) is 127 cm³/mol. The van der Waals surface area contributed by atoms with Crippen LogP contribution >= 0.6 is 0 Å². The number of aromatic nitrogens is 6. The summed E-state index contributed by atoms with van der Waals surface area (Å²) in [7, 11) is 0. The van der Waals surface area contributed by atoms with Gasteiger partial charge in [0, 0.05) is 49.2 Å². The minimum Gasteiger partial charge on any atom is -0.507 e. The van der Waals surface area contributed by atoms with Crippen molar-refractivity contribution in [2.45, 2.75) is 33.7 Å². The Balaban J connectivity index is 1.40. The molecule has 1 aliphatic heterocycles. The van der Waals surface area contributed by atoms with Crippen molar-refractivity contribution in [3.8, 4) is 28.3 Å². The molecule has 1 saturated heterocycles. The summed E-state index contributed by atoms with van der Waals surface area (Å²) in [5, 5.41) is 23.0. The van der Waals surface area contributed by atoms with E-state index >= 15 is 0 Å². The van der Waals surface area contributed by atoms with Gasteiger partial charge >= 0.3 is 0 Å². The SMILES string of the molecule is Cc1cn2cc(-c3ccc(-c4cnc(N5CCN[C@@H](C(C)C)C5)nn4)c(O)c3)nc(C)c2n1. The number of nitrogens with one attached hydrogen (secondary N) is 1. The molecule has 170 valence electrons. The van der Waals surface area contributed by atoms with Crippen molar-refractivity contribution in [2.75, 3.05) is 24.5 Å². The summed E-state index contributed by atoms with van der Waals surface area (Å²) in [6, 6.07) is 5.86. The molecule has 3 aromatic heterocycles. The molecule has 4 heterocycles. The number of anilines is 1. The lowest BCUT2D eigenvalue weighted by molar-refractivity contribution is 0.365. The second-order valence-corrected chi connectivity index (χ2v) is 8.95. The molecule has 0 bridgehead atoms. The molecule has 0 unspecified atom stereocenters. The lowest BCUT2D eigenvalue weighted by atomic mass is 10.0. The van der Waals surface area contributed by atoms with Gasteiger partial charge in [0.25, 0.3) is 0 Å². The van der Waals surface area contributed by atoms with E-state index < -0.39 is 0 Å². The van der Waals surface area contributed by atoms with E-state index in [2.05, 4.69) is 49.2 Å². The van der Waals surface area contributed by atoms with Gasteiger partial charge in [-0.2, -0.15) is 0 Å². The third kappa shape index (κ3) is 4.11. The van der Waals surface area contributed by atoms with Crippen LogP contribution in [-0.4, -0.2) is 60.3 Å². The number of benzene rings is 1. The lowest BCUT2D eigenvalue weighted by Crippen LogP contribution is -2.53. The fraction of sp³-hybridized carbons (Fsp3) is 0.375. The number of fused-ring (bicyclic) bond motifs is 1. The van der Waals surface area contributed by atoms with Crippen molar-refractivity contribution in [3.63, 3.8) is 0 Å². The van der Waals surface area contributed by atoms with Gasteiger partial charge in [-0.1, -0.05) is 19.9 Å². The molecule has 1 atom stereocenters. The Hall–Kier alpha value is -3.59. The van der Waals surface area contributed by atoms with Crippen molar-refractivity contribution in [2.24, 2.45) is 5.92 Å². The number of aryl methyl sites for hydroxylation is 2. The number of imidazole rings is 1. The fourth-order valence-corrected chi connectivity index (χ4v) is 4.26. The lowest BCUT2D eigenvalue weighted by Gasteiger charge is -2.35. The van der Waals surface area contributed by atoms with E-state index in [9.17, 15) is 5.11 Å². The molecule has 2 N–H and O–H groups in total. The highest BCUT2D eigenvalue weighted by atomic mass is 16.3. The van der Waals surface area contributed by atoms with Crippen molar-refractivity contribution in [3.05, 3.63) is 48.2 Å². The molecule has 1 aliphatic rings. The van der Waals surface area contributed by atoms with Crippen molar-refractivity contribution in [1.82, 2.24) is 34.9 Å². The highest BCUT2D eigenvalue weighted by Gasteiger charge is 2.24. The topological polar surface area (TPSA) is 104 Å². The third-order valence-electron chi connectivity index (χ3n) is 6.14. The van der Waals surface area contributed by atoms with E-state index in [4.69, 9.17) is 0 Å². The van der Waals surface area contributed by atoms with Crippen LogP contribution in [-0.2, 0) is 0 Å². The molecule has 33 heavy (non-hydrogen) atoms. The Morgan fingerprint density at radius 3 is 2.67 bits per heavy atom. The minimum atomic E-state index is 0.111. The van der Waals surface area contributed by atoms with Crippen LogP contribution in [0, 0.1) is 19.8 Å². The standard InChI is InChI=1S/C24H28N8O/c1-14(2)20-12-31(8-7-25-20)24-26-10-19(29-30-24)18-6-5-17(9-22(18)33)21-13-32-11-15(3)27-23(32)16(4)28-21/h5-6,9-11,13-14,20,25,33H,7-8,12H2,1-4H3/t20-/m1/s1. The molecule has 9 heteroatoms. The third-order valence-corrected chi connectivity index (χ3v) is 6.14. The molecule has 0 radical (unpaired) electrons. The predicted octanol–water partition coefficient (Wildman–Crippen LogP) is 3.00. The van der Waals surface area contributed by atoms with Gasteiger partial charge in [0.2, 0.25) is 5.95 Å². The quantitative estimate of drug-likeness (QED) is 0.495. The van der Waals surface area contributed by atoms with E-state index in [1.54, 1.807) is 12.3 Å². The number of piperazine rings is 1. The van der Waals surface area contributed by atoms with Crippen LogP contribution in [0.1, 0.15) is 25.2 Å². The van der Waals surface area contributed by atoms with Gasteiger partial charge in [-0.05, 0) is 31.9 Å². The second kappa shape index (κ2) is 8.40. The molecule has 0 spiro atoms. The molecule has 5 rings (SSSR count). The van der Waals surface area contributed by atoms with Gasteiger partial charge in [-0.25, -0.2) is 15.0 Å². The molecule has 0 amide bonds. The molecule has 0 aliphatic carbocycles. The van der Waals surface area contributed by atoms with E-state index in [0.29, 0.717) is 29.2 Å². The smallest absolute Gasteiger partial charge is 0.245 e. The highest BCUT2D eigenvalue weighted by Crippen LogP contribution is 2.32. The van der Waals surface area contributed by atoms with Gasteiger partial charge < -0.3 is 19.7 Å². The molecule has 9 nitrogen and oxygen atoms in total. The average Bonchev–Trinajstić information content (AvgIpc) is 3.20. The molecule has 0 saturated carbocycles. The number of phenolic OH excluding ortho intramolecular Hbond substituents is 1. The molecular formula is C24H28N8O. The Kier molecular flexibility index (Phi) is 5.41. The summed E-state index contributed by atoms with van der Waals surface area (Å²) in [5.41, 5.74) is 5.29. The summed E-state index contributed by atoms with van der Waals surface area (Å²) in [6.07, 6.45) is 5.56. The maximum absolute atomic E-state index is 10.7. The Labute approximate surface area is 192 Å². The van der Waals surface area contributed by atoms with Gasteiger partial charge in [0.1, 0.15) is 11.4 Å². The molecular weight excluding hydrogens is 416 g/mol. The zero-order chi connectivity index (χ0) is 23.1. The van der Waals surface area contributed by atoms with Crippen LogP contribution in [0.15, 0.2) is 36.8 Å². The monoisotopic (exact) mass is 444 g/mol. The van der Waals surface area contributed by atoms with Crippen molar-refractivity contribution < 1.29 is 5.11 Å². The average molecular weight is 445 g/mol. The molecule has 1 aromatic carbocycles. The first-order chi connectivity index (χ1) is 15.9. The largest absolute Gasteiger partial charge is 0.507 e. The number of phenols is 1. The van der Waals surface area contributed by atoms with Gasteiger partial charge in [0.05, 0.1) is 23.3 Å². The summed E-state index contributed by atoms with van der Waals surface area (Å²) in [4.78, 5) is 15.8. The van der Waals surface area contributed by atoms with Crippen LogP contribution in [0.5, 0.6) is 5.75 Å². The number of hydrogen-bond donors (Lipinski definition) is 2. The Morgan fingerprint density at radius 2 is 1.94 bits per heavy atom. The normalized spacial score (nSPS) is 16.6. The second-order valence-electron chi connectivity index (χ2n) is 8.95. The first-order valence-electron chi connectivity index (χ1n) is 11.2. The zero-order valence-corrected chi connectivity index (χ0v) is 19.3. The number of hydrogen-bond acceptors (Lipinski definition) is 8. The number of nitrogens with zero attached hydrogens (tertiary/aromatic N) is 7. The van der Waals surface area contributed by atoms with Crippen molar-refractivity contribution in [1.29, 1.82) is 0 Å². The fourth-order valence-electron chi connectivity index (χ4n) is 4.26. The van der Waals surface area contributed by atoms with E-state index in [0.717, 1.165) is 47.9 Å². The first-order valence-corrected chi connectivity index (χ1v) is 11.2. The summed E-state index contributed by atoms with van der Waals surface area (Å²) >= 11 is 0. The Morgan fingerprint density at radius 1 is 1.09 bits per heavy atom. The molecule has 1 fully saturated rings. The van der Waals surface area contributed by atoms with E-state index in [1.807, 2.05) is 42.8 Å².